The molecule has 0 bridgehead atoms. The minimum absolute atomic E-state index is 0.152. The minimum Gasteiger partial charge on any atom is -0.481 e. The molecule has 0 radical (unpaired) electrons. The lowest BCUT2D eigenvalue weighted by atomic mass is 10.0. The Labute approximate surface area is 145 Å². The van der Waals surface area contributed by atoms with Crippen molar-refractivity contribution in [1.82, 2.24) is 10.6 Å². The molecule has 3 N–H and O–H groups in total. The lowest BCUT2D eigenvalue weighted by Gasteiger charge is -2.24. The summed E-state index contributed by atoms with van der Waals surface area (Å²) >= 11 is 0. The van der Waals surface area contributed by atoms with Crippen molar-refractivity contribution in [2.75, 3.05) is 0 Å². The maximum Gasteiger partial charge on any atom is 0.306 e. The smallest absolute Gasteiger partial charge is 0.306 e. The van der Waals surface area contributed by atoms with Gasteiger partial charge in [-0.3, -0.25) is 14.4 Å². The molecule has 7 heteroatoms. The third-order valence-corrected chi connectivity index (χ3v) is 4.47. The number of hydrogen-bond donors (Lipinski definition) is 3. The molecule has 2 rings (SSSR count). The summed E-state index contributed by atoms with van der Waals surface area (Å²) in [6, 6.07) is 4.13. The Morgan fingerprint density at radius 1 is 1.16 bits per heavy atom. The number of hydrogen-bond acceptors (Lipinski definition) is 3. The monoisotopic (exact) mass is 350 g/mol. The summed E-state index contributed by atoms with van der Waals surface area (Å²) < 4.78 is 12.9. The average molecular weight is 350 g/mol. The molecule has 0 spiro atoms. The minimum atomic E-state index is -0.846. The van der Waals surface area contributed by atoms with Gasteiger partial charge in [0.25, 0.3) is 5.91 Å². The van der Waals surface area contributed by atoms with E-state index in [1.807, 2.05) is 13.8 Å². The van der Waals surface area contributed by atoms with E-state index in [9.17, 15) is 18.8 Å². The second-order valence-corrected chi connectivity index (χ2v) is 6.76. The molecule has 1 aromatic rings. The van der Waals surface area contributed by atoms with Gasteiger partial charge >= 0.3 is 5.97 Å². The zero-order chi connectivity index (χ0) is 18.6. The predicted molar refractivity (Wildman–Crippen MR) is 89.4 cm³/mol. The predicted octanol–water partition coefficient (Wildman–Crippen LogP) is 1.95. The summed E-state index contributed by atoms with van der Waals surface area (Å²) in [6.07, 6.45) is 1.55. The summed E-state index contributed by atoms with van der Waals surface area (Å²) in [5, 5.41) is 14.5. The van der Waals surface area contributed by atoms with Crippen LogP contribution in [0.3, 0.4) is 0 Å². The molecule has 0 heterocycles. The van der Waals surface area contributed by atoms with E-state index < -0.39 is 29.7 Å². The molecular formula is C18H23FN2O4. The topological polar surface area (TPSA) is 95.5 Å². The largest absolute Gasteiger partial charge is 0.481 e. The van der Waals surface area contributed by atoms with Gasteiger partial charge < -0.3 is 15.7 Å². The fourth-order valence-electron chi connectivity index (χ4n) is 2.99. The molecule has 1 unspecified atom stereocenters. The Balaban J connectivity index is 1.97. The van der Waals surface area contributed by atoms with Gasteiger partial charge in [-0.05, 0) is 49.4 Å². The van der Waals surface area contributed by atoms with Crippen molar-refractivity contribution in [2.24, 2.45) is 11.8 Å². The van der Waals surface area contributed by atoms with Crippen LogP contribution in [-0.2, 0) is 9.59 Å². The molecule has 0 aromatic heterocycles. The van der Waals surface area contributed by atoms with Gasteiger partial charge in [-0.1, -0.05) is 13.8 Å². The van der Waals surface area contributed by atoms with Crippen LogP contribution in [0.5, 0.6) is 0 Å². The molecule has 6 nitrogen and oxygen atoms in total. The van der Waals surface area contributed by atoms with E-state index in [0.29, 0.717) is 19.3 Å². The highest BCUT2D eigenvalue weighted by atomic mass is 19.1. The molecule has 1 aliphatic rings. The first-order chi connectivity index (χ1) is 11.8. The van der Waals surface area contributed by atoms with Crippen LogP contribution in [0.25, 0.3) is 0 Å². The Bertz CT molecular complexity index is 645. The van der Waals surface area contributed by atoms with Gasteiger partial charge in [-0.15, -0.1) is 0 Å². The molecule has 1 fully saturated rings. The molecule has 1 saturated carbocycles. The van der Waals surface area contributed by atoms with Crippen molar-refractivity contribution in [2.45, 2.75) is 45.2 Å². The molecule has 136 valence electrons. The van der Waals surface area contributed by atoms with Crippen molar-refractivity contribution in [3.05, 3.63) is 35.6 Å². The quantitative estimate of drug-likeness (QED) is 0.731. The molecule has 25 heavy (non-hydrogen) atoms. The van der Waals surface area contributed by atoms with E-state index in [1.165, 1.54) is 24.3 Å². The number of halogens is 1. The summed E-state index contributed by atoms with van der Waals surface area (Å²) in [6.45, 7) is 3.62. The highest BCUT2D eigenvalue weighted by Crippen LogP contribution is 2.25. The van der Waals surface area contributed by atoms with Crippen LogP contribution in [0.1, 0.15) is 43.5 Å². The first-order valence-corrected chi connectivity index (χ1v) is 8.37. The second-order valence-electron chi connectivity index (χ2n) is 6.76. The van der Waals surface area contributed by atoms with Gasteiger partial charge in [0.15, 0.2) is 0 Å². The Morgan fingerprint density at radius 3 is 2.32 bits per heavy atom. The number of carbonyl (C=O) groups is 3. The van der Waals surface area contributed by atoms with Crippen molar-refractivity contribution < 1.29 is 23.9 Å². The molecular weight excluding hydrogens is 327 g/mol. The Morgan fingerprint density at radius 2 is 1.80 bits per heavy atom. The average Bonchev–Trinajstić information content (AvgIpc) is 3.01. The summed E-state index contributed by atoms with van der Waals surface area (Å²) in [5.74, 6) is -2.66. The van der Waals surface area contributed by atoms with Crippen LogP contribution in [0.15, 0.2) is 24.3 Å². The molecule has 1 aliphatic carbocycles. The van der Waals surface area contributed by atoms with E-state index in [1.54, 1.807) is 0 Å². The SMILES string of the molecule is CC(C)C(NC(=O)c1ccc(F)cc1)C(=O)N[C@H]1CC[C@@H](C(=O)O)C1. The van der Waals surface area contributed by atoms with Crippen LogP contribution in [-0.4, -0.2) is 35.0 Å². The zero-order valence-corrected chi connectivity index (χ0v) is 14.3. The number of benzene rings is 1. The van der Waals surface area contributed by atoms with Crippen LogP contribution in [0, 0.1) is 17.7 Å². The van der Waals surface area contributed by atoms with E-state index in [4.69, 9.17) is 5.11 Å². The van der Waals surface area contributed by atoms with Gasteiger partial charge in [0.2, 0.25) is 5.91 Å². The highest BCUT2D eigenvalue weighted by Gasteiger charge is 2.33. The lowest BCUT2D eigenvalue weighted by Crippen LogP contribution is -2.51. The standard InChI is InChI=1S/C18H23FN2O4/c1-10(2)15(21-16(22)11-3-6-13(19)7-4-11)17(23)20-14-8-5-12(9-14)18(24)25/h3-4,6-7,10,12,14-15H,5,8-9H2,1-2H3,(H,20,23)(H,21,22)(H,24,25)/t12-,14+,15?/m1/s1. The zero-order valence-electron chi connectivity index (χ0n) is 14.3. The molecule has 0 aliphatic heterocycles. The number of carboxylic acids is 1. The lowest BCUT2D eigenvalue weighted by molar-refractivity contribution is -0.141. The number of amides is 2. The van der Waals surface area contributed by atoms with E-state index in [2.05, 4.69) is 10.6 Å². The number of nitrogens with one attached hydrogen (secondary N) is 2. The van der Waals surface area contributed by atoms with Crippen molar-refractivity contribution in [3.8, 4) is 0 Å². The molecule has 1 aromatic carbocycles. The third kappa shape index (κ3) is 5.01. The van der Waals surface area contributed by atoms with Crippen LogP contribution >= 0.6 is 0 Å². The molecule has 2 amide bonds. The van der Waals surface area contributed by atoms with Crippen LogP contribution in [0.2, 0.25) is 0 Å². The Hall–Kier alpha value is -2.44. The molecule has 3 atom stereocenters. The summed E-state index contributed by atoms with van der Waals surface area (Å²) in [7, 11) is 0. The van der Waals surface area contributed by atoms with Gasteiger partial charge in [0.1, 0.15) is 11.9 Å². The van der Waals surface area contributed by atoms with E-state index in [0.717, 1.165) is 0 Å². The fourth-order valence-corrected chi connectivity index (χ4v) is 2.99. The maximum atomic E-state index is 12.9. The van der Waals surface area contributed by atoms with Gasteiger partial charge in [-0.2, -0.15) is 0 Å². The summed E-state index contributed by atoms with van der Waals surface area (Å²) in [4.78, 5) is 35.8. The Kier molecular flexibility index (Phi) is 6.12. The number of aliphatic carboxylic acids is 1. The second kappa shape index (κ2) is 8.09. The van der Waals surface area contributed by atoms with Gasteiger partial charge in [0, 0.05) is 11.6 Å². The number of rotatable bonds is 6. The van der Waals surface area contributed by atoms with Crippen molar-refractivity contribution in [3.63, 3.8) is 0 Å². The molecule has 0 saturated heterocycles. The number of carbonyl (C=O) groups excluding carboxylic acids is 2. The third-order valence-electron chi connectivity index (χ3n) is 4.47. The van der Waals surface area contributed by atoms with E-state index in [-0.39, 0.29) is 23.4 Å². The van der Waals surface area contributed by atoms with Crippen LogP contribution in [0.4, 0.5) is 4.39 Å². The van der Waals surface area contributed by atoms with Crippen molar-refractivity contribution in [1.29, 1.82) is 0 Å². The maximum absolute atomic E-state index is 12.9. The highest BCUT2D eigenvalue weighted by molar-refractivity contribution is 5.97. The van der Waals surface area contributed by atoms with Gasteiger partial charge in [0.05, 0.1) is 5.92 Å². The number of carboxylic acid groups (broad SMARTS) is 1. The van der Waals surface area contributed by atoms with Crippen LogP contribution < -0.4 is 10.6 Å². The normalized spacial score (nSPS) is 21.0. The summed E-state index contributed by atoms with van der Waals surface area (Å²) in [5.41, 5.74) is 0.270. The van der Waals surface area contributed by atoms with Gasteiger partial charge in [-0.25, -0.2) is 4.39 Å². The van der Waals surface area contributed by atoms with E-state index >= 15 is 0 Å². The first-order valence-electron chi connectivity index (χ1n) is 8.37. The first kappa shape index (κ1) is 18.9. The fraction of sp³-hybridized carbons (Fsp3) is 0.500. The van der Waals surface area contributed by atoms with Crippen molar-refractivity contribution >= 4 is 17.8 Å².